The lowest BCUT2D eigenvalue weighted by molar-refractivity contribution is -0.149. The molecule has 0 aromatic carbocycles. The number of aryl methyl sites for hydroxylation is 1. The van der Waals surface area contributed by atoms with Gasteiger partial charge in [0, 0.05) is 31.1 Å². The van der Waals surface area contributed by atoms with E-state index in [0.29, 0.717) is 11.9 Å². The van der Waals surface area contributed by atoms with Gasteiger partial charge < -0.3 is 4.90 Å². The van der Waals surface area contributed by atoms with Crippen molar-refractivity contribution in [2.24, 2.45) is 5.41 Å². The van der Waals surface area contributed by atoms with E-state index in [4.69, 9.17) is 0 Å². The number of hydrogen-bond donors (Lipinski definition) is 0. The number of amides is 1. The molecule has 1 saturated carbocycles. The highest BCUT2D eigenvalue weighted by Crippen LogP contribution is 2.42. The molecule has 3 heterocycles. The average Bonchev–Trinajstić information content (AvgIpc) is 3.19. The van der Waals surface area contributed by atoms with Crippen molar-refractivity contribution >= 4 is 17.2 Å². The molecule has 1 aromatic heterocycles. The topological polar surface area (TPSA) is 36.4 Å². The van der Waals surface area contributed by atoms with Crippen LogP contribution in [-0.4, -0.2) is 46.4 Å². The van der Waals surface area contributed by atoms with Crippen molar-refractivity contribution in [2.45, 2.75) is 70.9 Å². The maximum Gasteiger partial charge on any atom is 0.230 e. The normalized spacial score (nSPS) is 29.7. The first kappa shape index (κ1) is 16.5. The van der Waals surface area contributed by atoms with E-state index in [-0.39, 0.29) is 5.41 Å². The van der Waals surface area contributed by atoms with Crippen LogP contribution in [0.1, 0.15) is 62.1 Å². The predicted molar refractivity (Wildman–Crippen MR) is 97.0 cm³/mol. The summed E-state index contributed by atoms with van der Waals surface area (Å²) >= 11 is 1.72. The first-order valence-corrected chi connectivity index (χ1v) is 10.5. The Balaban J connectivity index is 1.43. The Morgan fingerprint density at radius 2 is 2.04 bits per heavy atom. The molecule has 1 amide bonds. The zero-order chi connectivity index (χ0) is 16.6. The van der Waals surface area contributed by atoms with Gasteiger partial charge in [-0.15, -0.1) is 11.3 Å². The van der Waals surface area contributed by atoms with E-state index in [2.05, 4.69) is 27.1 Å². The summed E-state index contributed by atoms with van der Waals surface area (Å²) in [7, 11) is 0. The van der Waals surface area contributed by atoms with Crippen molar-refractivity contribution in [3.8, 4) is 0 Å². The van der Waals surface area contributed by atoms with Crippen LogP contribution in [0.3, 0.4) is 0 Å². The monoisotopic (exact) mass is 347 g/mol. The number of thiazole rings is 1. The van der Waals surface area contributed by atoms with Crippen LogP contribution in [0.5, 0.6) is 0 Å². The van der Waals surface area contributed by atoms with E-state index in [9.17, 15) is 4.79 Å². The number of piperidine rings is 1. The highest BCUT2D eigenvalue weighted by molar-refractivity contribution is 7.09. The first-order valence-electron chi connectivity index (χ1n) is 9.61. The molecule has 3 fully saturated rings. The van der Waals surface area contributed by atoms with Crippen LogP contribution in [-0.2, 0) is 11.3 Å². The Morgan fingerprint density at radius 3 is 2.79 bits per heavy atom. The molecule has 1 atom stereocenters. The molecule has 0 bridgehead atoms. The van der Waals surface area contributed by atoms with Gasteiger partial charge in [0.1, 0.15) is 0 Å². The third kappa shape index (κ3) is 3.13. The van der Waals surface area contributed by atoms with Crippen LogP contribution >= 0.6 is 11.3 Å². The third-order valence-electron chi connectivity index (χ3n) is 6.27. The Labute approximate surface area is 149 Å². The Bertz CT molecular complexity index is 595. The van der Waals surface area contributed by atoms with Crippen molar-refractivity contribution in [2.75, 3.05) is 19.6 Å². The minimum atomic E-state index is -0.0965. The maximum absolute atomic E-state index is 13.3. The number of likely N-dealkylation sites (tertiary alicyclic amines) is 2. The van der Waals surface area contributed by atoms with Gasteiger partial charge in [0.2, 0.25) is 5.91 Å². The maximum atomic E-state index is 13.3. The summed E-state index contributed by atoms with van der Waals surface area (Å²) < 4.78 is 0. The van der Waals surface area contributed by atoms with Crippen LogP contribution < -0.4 is 0 Å². The minimum Gasteiger partial charge on any atom is -0.339 e. The van der Waals surface area contributed by atoms with Crippen molar-refractivity contribution in [3.63, 3.8) is 0 Å². The Kier molecular flexibility index (Phi) is 4.65. The van der Waals surface area contributed by atoms with Gasteiger partial charge >= 0.3 is 0 Å². The molecule has 24 heavy (non-hydrogen) atoms. The number of carbonyl (C=O) groups is 1. The van der Waals surface area contributed by atoms with Crippen LogP contribution in [0.4, 0.5) is 0 Å². The molecule has 4 nitrogen and oxygen atoms in total. The summed E-state index contributed by atoms with van der Waals surface area (Å²) in [5, 5.41) is 3.30. The lowest BCUT2D eigenvalue weighted by atomic mass is 9.77. The lowest BCUT2D eigenvalue weighted by Gasteiger charge is -2.44. The second-order valence-corrected chi connectivity index (χ2v) is 9.06. The van der Waals surface area contributed by atoms with Gasteiger partial charge in [-0.2, -0.15) is 0 Å². The van der Waals surface area contributed by atoms with E-state index < -0.39 is 0 Å². The molecule has 5 heteroatoms. The van der Waals surface area contributed by atoms with E-state index in [0.717, 1.165) is 44.0 Å². The molecule has 2 aliphatic heterocycles. The third-order valence-corrected chi connectivity index (χ3v) is 7.09. The zero-order valence-electron chi connectivity index (χ0n) is 14.8. The number of nitrogens with zero attached hydrogens (tertiary/aromatic N) is 3. The van der Waals surface area contributed by atoms with Gasteiger partial charge in [-0.3, -0.25) is 9.69 Å². The highest BCUT2D eigenvalue weighted by Gasteiger charge is 2.49. The molecule has 1 aromatic rings. The molecule has 0 radical (unpaired) electrons. The molecule has 2 saturated heterocycles. The van der Waals surface area contributed by atoms with Crippen molar-refractivity contribution in [3.05, 3.63) is 16.1 Å². The van der Waals surface area contributed by atoms with E-state index in [1.54, 1.807) is 11.3 Å². The van der Waals surface area contributed by atoms with Crippen molar-refractivity contribution in [1.82, 2.24) is 14.8 Å². The van der Waals surface area contributed by atoms with Gasteiger partial charge in [0.15, 0.2) is 0 Å². The largest absolute Gasteiger partial charge is 0.339 e. The summed E-state index contributed by atoms with van der Waals surface area (Å²) in [6, 6.07) is 0.527. The Morgan fingerprint density at radius 1 is 1.21 bits per heavy atom. The molecule has 4 rings (SSSR count). The average molecular weight is 348 g/mol. The van der Waals surface area contributed by atoms with E-state index in [1.165, 1.54) is 44.2 Å². The molecule has 3 aliphatic rings. The number of rotatable bonds is 3. The smallest absolute Gasteiger partial charge is 0.230 e. The van der Waals surface area contributed by atoms with Crippen LogP contribution in [0.15, 0.2) is 5.38 Å². The van der Waals surface area contributed by atoms with E-state index in [1.807, 2.05) is 0 Å². The lowest BCUT2D eigenvalue weighted by Crippen LogP contribution is -2.54. The Hall–Kier alpha value is -0.940. The fourth-order valence-corrected chi connectivity index (χ4v) is 5.63. The second kappa shape index (κ2) is 6.75. The summed E-state index contributed by atoms with van der Waals surface area (Å²) in [6.45, 7) is 5.94. The molecule has 132 valence electrons. The zero-order valence-corrected chi connectivity index (χ0v) is 15.6. The molecule has 1 spiro atoms. The quantitative estimate of drug-likeness (QED) is 0.838. The van der Waals surface area contributed by atoms with Crippen LogP contribution in [0.2, 0.25) is 0 Å². The molecular weight excluding hydrogens is 318 g/mol. The predicted octanol–water partition coefficient (Wildman–Crippen LogP) is 3.60. The molecule has 0 unspecified atom stereocenters. The summed E-state index contributed by atoms with van der Waals surface area (Å²) in [5.74, 6) is 0.470. The fourth-order valence-electron chi connectivity index (χ4n) is 5.02. The SMILES string of the molecule is Cc1nc(CN2CC[C@@]3(CCCN(C4CCCCC4)C3=O)C2)cs1. The fraction of sp³-hybridized carbons (Fsp3) is 0.789. The van der Waals surface area contributed by atoms with Gasteiger partial charge in [-0.05, 0) is 45.6 Å². The van der Waals surface area contributed by atoms with Gasteiger partial charge in [0.25, 0.3) is 0 Å². The molecular formula is C19H29N3OS. The molecule has 0 N–H and O–H groups in total. The summed E-state index contributed by atoms with van der Waals surface area (Å²) in [4.78, 5) is 22.7. The first-order chi connectivity index (χ1) is 11.7. The minimum absolute atomic E-state index is 0.0965. The van der Waals surface area contributed by atoms with Gasteiger partial charge in [0.05, 0.1) is 16.1 Å². The van der Waals surface area contributed by atoms with Crippen LogP contribution in [0.25, 0.3) is 0 Å². The standard InChI is InChI=1S/C19H29N3OS/c1-15-20-16(13-24-15)12-21-11-9-19(14-21)8-5-10-22(18(19)23)17-6-3-2-4-7-17/h13,17H,2-12,14H2,1H3/t19-/m0/s1. The highest BCUT2D eigenvalue weighted by atomic mass is 32.1. The second-order valence-electron chi connectivity index (χ2n) is 7.99. The number of hydrogen-bond acceptors (Lipinski definition) is 4. The van der Waals surface area contributed by atoms with Gasteiger partial charge in [-0.25, -0.2) is 4.98 Å². The van der Waals surface area contributed by atoms with Crippen LogP contribution in [0, 0.1) is 12.3 Å². The van der Waals surface area contributed by atoms with Crippen molar-refractivity contribution in [1.29, 1.82) is 0 Å². The summed E-state index contributed by atoms with van der Waals surface area (Å²) in [6.07, 6.45) is 9.72. The number of carbonyl (C=O) groups excluding carboxylic acids is 1. The van der Waals surface area contributed by atoms with Crippen molar-refractivity contribution < 1.29 is 4.79 Å². The van der Waals surface area contributed by atoms with Gasteiger partial charge in [-0.1, -0.05) is 19.3 Å². The number of aromatic nitrogens is 1. The summed E-state index contributed by atoms with van der Waals surface area (Å²) in [5.41, 5.74) is 1.07. The molecule has 1 aliphatic carbocycles. The van der Waals surface area contributed by atoms with E-state index >= 15 is 0 Å².